The van der Waals surface area contributed by atoms with Gasteiger partial charge in [-0.25, -0.2) is 4.98 Å². The Kier molecular flexibility index (Phi) is 4.92. The van der Waals surface area contributed by atoms with E-state index in [4.69, 9.17) is 20.8 Å². The van der Waals surface area contributed by atoms with Crippen molar-refractivity contribution in [1.82, 2.24) is 19.9 Å². The highest BCUT2D eigenvalue weighted by molar-refractivity contribution is 6.33. The van der Waals surface area contributed by atoms with Gasteiger partial charge in [-0.15, -0.1) is 0 Å². The molecule has 0 unspecified atom stereocenters. The van der Waals surface area contributed by atoms with E-state index in [0.717, 1.165) is 21.8 Å². The summed E-state index contributed by atoms with van der Waals surface area (Å²) in [4.78, 5) is 26.9. The second kappa shape index (κ2) is 7.64. The van der Waals surface area contributed by atoms with Crippen molar-refractivity contribution in [2.24, 2.45) is 0 Å². The lowest BCUT2D eigenvalue weighted by Crippen LogP contribution is -2.57. The first-order valence-corrected chi connectivity index (χ1v) is 10.4. The van der Waals surface area contributed by atoms with Gasteiger partial charge in [0.25, 0.3) is 0 Å². The van der Waals surface area contributed by atoms with E-state index in [1.807, 2.05) is 26.0 Å². The molecule has 3 aromatic heterocycles. The van der Waals surface area contributed by atoms with Crippen LogP contribution in [0, 0.1) is 0 Å². The van der Waals surface area contributed by atoms with E-state index < -0.39 is 6.04 Å². The molecule has 9 heteroatoms. The number of anilines is 1. The third-order valence-electron chi connectivity index (χ3n) is 5.53. The Morgan fingerprint density at radius 3 is 3.00 bits per heavy atom. The largest absolute Gasteiger partial charge is 0.447 e. The Labute approximate surface area is 183 Å². The molecule has 5 rings (SSSR count). The number of morpholine rings is 1. The Morgan fingerprint density at radius 2 is 2.19 bits per heavy atom. The standard InChI is InChI=1S/C22H22ClN5O3/c1-22(2)11-28(9-14-7-25-12-30-14)19(10-31-22)21(29)27-17-6-13(23)5-16-15-3-4-24-8-18(15)26-20(16)17/h3-8,12,19,26H,9-11H2,1-2H3,(H,27,29)/t19-/m0/s1. The zero-order valence-corrected chi connectivity index (χ0v) is 17.9. The van der Waals surface area contributed by atoms with Crippen molar-refractivity contribution in [3.8, 4) is 0 Å². The fourth-order valence-electron chi connectivity index (χ4n) is 4.12. The molecule has 2 N–H and O–H groups in total. The van der Waals surface area contributed by atoms with Gasteiger partial charge in [0, 0.05) is 28.5 Å². The van der Waals surface area contributed by atoms with Gasteiger partial charge in [-0.05, 0) is 32.0 Å². The summed E-state index contributed by atoms with van der Waals surface area (Å²) in [7, 11) is 0. The molecule has 1 fully saturated rings. The van der Waals surface area contributed by atoms with Crippen molar-refractivity contribution in [3.63, 3.8) is 0 Å². The van der Waals surface area contributed by atoms with E-state index in [1.165, 1.54) is 6.39 Å². The van der Waals surface area contributed by atoms with Gasteiger partial charge in [0.1, 0.15) is 11.8 Å². The SMILES string of the molecule is CC1(C)CN(Cc2cnco2)[C@H](C(=O)Nc2cc(Cl)cc3c2[nH]c2cnccc23)CO1. The molecule has 1 aliphatic heterocycles. The fraction of sp³-hybridized carbons (Fsp3) is 0.318. The lowest BCUT2D eigenvalue weighted by molar-refractivity contribution is -0.144. The maximum Gasteiger partial charge on any atom is 0.244 e. The van der Waals surface area contributed by atoms with Gasteiger partial charge < -0.3 is 19.5 Å². The Balaban J connectivity index is 1.46. The lowest BCUT2D eigenvalue weighted by atomic mass is 10.0. The number of hydrogen-bond donors (Lipinski definition) is 2. The van der Waals surface area contributed by atoms with Gasteiger partial charge in [0.2, 0.25) is 5.91 Å². The van der Waals surface area contributed by atoms with Crippen molar-refractivity contribution >= 4 is 45.0 Å². The van der Waals surface area contributed by atoms with Gasteiger partial charge in [-0.2, -0.15) is 0 Å². The number of aromatic nitrogens is 3. The monoisotopic (exact) mass is 439 g/mol. The van der Waals surface area contributed by atoms with Crippen molar-refractivity contribution in [2.75, 3.05) is 18.5 Å². The van der Waals surface area contributed by atoms with Crippen LogP contribution in [0.25, 0.3) is 21.8 Å². The van der Waals surface area contributed by atoms with Gasteiger partial charge in [-0.3, -0.25) is 14.7 Å². The highest BCUT2D eigenvalue weighted by Crippen LogP contribution is 2.33. The summed E-state index contributed by atoms with van der Waals surface area (Å²) in [6.07, 6.45) is 6.54. The van der Waals surface area contributed by atoms with E-state index in [1.54, 1.807) is 24.7 Å². The second-order valence-electron chi connectivity index (χ2n) is 8.37. The van der Waals surface area contributed by atoms with E-state index >= 15 is 0 Å². The molecule has 8 nitrogen and oxygen atoms in total. The number of rotatable bonds is 4. The zero-order valence-electron chi connectivity index (χ0n) is 17.2. The second-order valence-corrected chi connectivity index (χ2v) is 8.81. The summed E-state index contributed by atoms with van der Waals surface area (Å²) in [5.74, 6) is 0.527. The lowest BCUT2D eigenvalue weighted by Gasteiger charge is -2.42. The van der Waals surface area contributed by atoms with Crippen molar-refractivity contribution in [3.05, 3.63) is 54.0 Å². The normalized spacial score (nSPS) is 19.1. The van der Waals surface area contributed by atoms with Crippen LogP contribution in [0.5, 0.6) is 0 Å². The summed E-state index contributed by atoms with van der Waals surface area (Å²) in [5, 5.41) is 5.52. The van der Waals surface area contributed by atoms with Crippen LogP contribution >= 0.6 is 11.6 Å². The number of aromatic amines is 1. The van der Waals surface area contributed by atoms with Crippen LogP contribution in [0.4, 0.5) is 5.69 Å². The highest BCUT2D eigenvalue weighted by atomic mass is 35.5. The summed E-state index contributed by atoms with van der Waals surface area (Å²) < 4.78 is 11.4. The molecule has 1 saturated heterocycles. The van der Waals surface area contributed by atoms with Gasteiger partial charge >= 0.3 is 0 Å². The number of oxazole rings is 1. The summed E-state index contributed by atoms with van der Waals surface area (Å²) in [5.41, 5.74) is 1.93. The number of nitrogens with zero attached hydrogens (tertiary/aromatic N) is 3. The number of amides is 1. The fourth-order valence-corrected chi connectivity index (χ4v) is 4.33. The van der Waals surface area contributed by atoms with Crippen LogP contribution in [0.3, 0.4) is 0 Å². The number of pyridine rings is 1. The average Bonchev–Trinajstić information content (AvgIpc) is 3.35. The Morgan fingerprint density at radius 1 is 1.32 bits per heavy atom. The van der Waals surface area contributed by atoms with Crippen molar-refractivity contribution < 1.29 is 13.9 Å². The van der Waals surface area contributed by atoms with Crippen LogP contribution in [0.15, 0.2) is 47.6 Å². The number of carbonyl (C=O) groups is 1. The van der Waals surface area contributed by atoms with Crippen molar-refractivity contribution in [2.45, 2.75) is 32.0 Å². The summed E-state index contributed by atoms with van der Waals surface area (Å²) >= 11 is 6.38. The number of fused-ring (bicyclic) bond motifs is 3. The number of H-pyrrole nitrogens is 1. The first-order valence-electron chi connectivity index (χ1n) is 10.0. The van der Waals surface area contributed by atoms with Gasteiger partial charge in [0.15, 0.2) is 6.39 Å². The summed E-state index contributed by atoms with van der Waals surface area (Å²) in [6, 6.07) is 5.07. The minimum absolute atomic E-state index is 0.171. The molecule has 31 heavy (non-hydrogen) atoms. The molecular weight excluding hydrogens is 418 g/mol. The zero-order chi connectivity index (χ0) is 21.6. The molecule has 0 spiro atoms. The topological polar surface area (TPSA) is 96.3 Å². The van der Waals surface area contributed by atoms with Crippen LogP contribution in [-0.2, 0) is 16.1 Å². The molecule has 4 heterocycles. The maximum absolute atomic E-state index is 13.3. The number of halogens is 1. The minimum Gasteiger partial charge on any atom is -0.447 e. The molecule has 4 aromatic rings. The first-order chi connectivity index (χ1) is 14.9. The van der Waals surface area contributed by atoms with Crippen LogP contribution < -0.4 is 5.32 Å². The van der Waals surface area contributed by atoms with E-state index in [9.17, 15) is 4.79 Å². The summed E-state index contributed by atoms with van der Waals surface area (Å²) in [6.45, 7) is 5.33. The molecule has 0 radical (unpaired) electrons. The smallest absolute Gasteiger partial charge is 0.244 e. The van der Waals surface area contributed by atoms with E-state index in [-0.39, 0.29) is 18.1 Å². The molecule has 1 aliphatic rings. The van der Waals surface area contributed by atoms with Crippen LogP contribution in [0.1, 0.15) is 19.6 Å². The predicted molar refractivity (Wildman–Crippen MR) is 118 cm³/mol. The maximum atomic E-state index is 13.3. The minimum atomic E-state index is -0.488. The number of hydrogen-bond acceptors (Lipinski definition) is 6. The molecule has 0 aliphatic carbocycles. The quantitative estimate of drug-likeness (QED) is 0.499. The van der Waals surface area contributed by atoms with E-state index in [2.05, 4.69) is 25.2 Å². The Bertz CT molecular complexity index is 1250. The first kappa shape index (κ1) is 20.0. The number of carbonyl (C=O) groups excluding carboxylic acids is 1. The molecule has 0 saturated carbocycles. The molecule has 1 aromatic carbocycles. The van der Waals surface area contributed by atoms with Crippen LogP contribution in [-0.4, -0.2) is 50.6 Å². The van der Waals surface area contributed by atoms with E-state index in [0.29, 0.717) is 29.6 Å². The molecule has 1 atom stereocenters. The molecule has 160 valence electrons. The predicted octanol–water partition coefficient (Wildman–Crippen LogP) is 3.98. The Hall–Kier alpha value is -2.94. The van der Waals surface area contributed by atoms with Crippen LogP contribution in [0.2, 0.25) is 5.02 Å². The van der Waals surface area contributed by atoms with Crippen molar-refractivity contribution in [1.29, 1.82) is 0 Å². The third kappa shape index (κ3) is 3.89. The highest BCUT2D eigenvalue weighted by Gasteiger charge is 2.38. The molecule has 0 bridgehead atoms. The average molecular weight is 440 g/mol. The molecular formula is C22H22ClN5O3. The van der Waals surface area contributed by atoms with Gasteiger partial charge in [-0.1, -0.05) is 11.6 Å². The number of ether oxygens (including phenoxy) is 1. The number of nitrogens with one attached hydrogen (secondary N) is 2. The molecule has 1 amide bonds. The third-order valence-corrected chi connectivity index (χ3v) is 5.75. The van der Waals surface area contributed by atoms with Gasteiger partial charge in [0.05, 0.1) is 47.9 Å². The number of benzene rings is 1.